The van der Waals surface area contributed by atoms with Crippen molar-refractivity contribution in [3.63, 3.8) is 0 Å². The number of rotatable bonds is 3. The third kappa shape index (κ3) is 3.25. The minimum Gasteiger partial charge on any atom is -0.497 e. The maximum atomic E-state index is 11.6. The molecule has 0 fully saturated rings. The average Bonchev–Trinajstić information content (AvgIpc) is 2.40. The van der Waals surface area contributed by atoms with E-state index in [1.165, 1.54) is 0 Å². The Kier molecular flexibility index (Phi) is 3.81. The van der Waals surface area contributed by atoms with Crippen molar-refractivity contribution in [3.05, 3.63) is 54.6 Å². The zero-order valence-electron chi connectivity index (χ0n) is 9.92. The van der Waals surface area contributed by atoms with Crippen molar-refractivity contribution < 1.29 is 14.3 Å². The molecule has 2 rings (SSSR count). The average molecular weight is 243 g/mol. The minimum atomic E-state index is -0.533. The van der Waals surface area contributed by atoms with Crippen LogP contribution in [0.2, 0.25) is 0 Å². The molecular formula is C14H13NO3. The van der Waals surface area contributed by atoms with E-state index in [0.29, 0.717) is 17.2 Å². The van der Waals surface area contributed by atoms with Crippen LogP contribution in [0.25, 0.3) is 0 Å². The summed E-state index contributed by atoms with van der Waals surface area (Å²) in [5, 5.41) is 2.63. The third-order valence-corrected chi connectivity index (χ3v) is 2.27. The Bertz CT molecular complexity index is 526. The molecule has 0 bridgehead atoms. The van der Waals surface area contributed by atoms with Crippen molar-refractivity contribution in [2.24, 2.45) is 0 Å². The summed E-state index contributed by atoms with van der Waals surface area (Å²) in [4.78, 5) is 11.6. The molecule has 92 valence electrons. The summed E-state index contributed by atoms with van der Waals surface area (Å²) < 4.78 is 10.2. The van der Waals surface area contributed by atoms with Crippen LogP contribution in [0, 0.1) is 0 Å². The highest BCUT2D eigenvalue weighted by Crippen LogP contribution is 2.19. The molecule has 4 heteroatoms. The number of hydrogen-bond donors (Lipinski definition) is 1. The van der Waals surface area contributed by atoms with Crippen LogP contribution in [0.4, 0.5) is 10.5 Å². The summed E-state index contributed by atoms with van der Waals surface area (Å²) in [6.07, 6.45) is -0.533. The van der Waals surface area contributed by atoms with Crippen LogP contribution < -0.4 is 14.8 Å². The van der Waals surface area contributed by atoms with E-state index in [2.05, 4.69) is 5.32 Å². The highest BCUT2D eigenvalue weighted by molar-refractivity contribution is 5.86. The van der Waals surface area contributed by atoms with E-state index in [-0.39, 0.29) is 0 Å². The molecule has 0 spiro atoms. The fourth-order valence-electron chi connectivity index (χ4n) is 1.44. The minimum absolute atomic E-state index is 0.433. The van der Waals surface area contributed by atoms with Gasteiger partial charge in [0.15, 0.2) is 0 Å². The van der Waals surface area contributed by atoms with Crippen LogP contribution >= 0.6 is 0 Å². The maximum Gasteiger partial charge on any atom is 0.417 e. The van der Waals surface area contributed by atoms with Gasteiger partial charge in [0.2, 0.25) is 0 Å². The van der Waals surface area contributed by atoms with Crippen molar-refractivity contribution >= 4 is 11.8 Å². The highest BCUT2D eigenvalue weighted by Gasteiger charge is 2.05. The largest absolute Gasteiger partial charge is 0.497 e. The molecule has 0 unspecified atom stereocenters. The number of benzene rings is 2. The normalized spacial score (nSPS) is 9.61. The van der Waals surface area contributed by atoms with Crippen molar-refractivity contribution in [2.45, 2.75) is 0 Å². The Morgan fingerprint density at radius 1 is 1.00 bits per heavy atom. The molecule has 0 saturated heterocycles. The summed E-state index contributed by atoms with van der Waals surface area (Å²) in [6, 6.07) is 16.0. The molecule has 1 amide bonds. The molecule has 0 radical (unpaired) electrons. The first kappa shape index (κ1) is 12.0. The van der Waals surface area contributed by atoms with E-state index in [1.54, 1.807) is 43.5 Å². The number of amides is 1. The van der Waals surface area contributed by atoms with Gasteiger partial charge >= 0.3 is 6.09 Å². The predicted molar refractivity (Wildman–Crippen MR) is 69.1 cm³/mol. The van der Waals surface area contributed by atoms with Crippen LogP contribution in [0.3, 0.4) is 0 Å². The second-order valence-electron chi connectivity index (χ2n) is 3.56. The number of anilines is 1. The Labute approximate surface area is 105 Å². The van der Waals surface area contributed by atoms with Crippen LogP contribution in [0.1, 0.15) is 0 Å². The lowest BCUT2D eigenvalue weighted by molar-refractivity contribution is 0.215. The fraction of sp³-hybridized carbons (Fsp3) is 0.0714. The van der Waals surface area contributed by atoms with Gasteiger partial charge in [-0.25, -0.2) is 4.79 Å². The molecule has 0 saturated carbocycles. The van der Waals surface area contributed by atoms with Gasteiger partial charge in [0, 0.05) is 11.8 Å². The number of ether oxygens (including phenoxy) is 2. The topological polar surface area (TPSA) is 47.6 Å². The second kappa shape index (κ2) is 5.72. The van der Waals surface area contributed by atoms with E-state index < -0.39 is 6.09 Å². The molecule has 4 nitrogen and oxygen atoms in total. The molecule has 0 aliphatic heterocycles. The molecule has 0 aliphatic rings. The van der Waals surface area contributed by atoms with Gasteiger partial charge in [-0.05, 0) is 24.3 Å². The monoisotopic (exact) mass is 243 g/mol. The molecule has 2 aromatic rings. The zero-order chi connectivity index (χ0) is 12.8. The zero-order valence-corrected chi connectivity index (χ0v) is 9.92. The summed E-state index contributed by atoms with van der Waals surface area (Å²) in [7, 11) is 1.56. The maximum absolute atomic E-state index is 11.6. The van der Waals surface area contributed by atoms with Crippen molar-refractivity contribution in [3.8, 4) is 11.5 Å². The number of hydrogen-bond acceptors (Lipinski definition) is 3. The molecule has 1 N–H and O–H groups in total. The Hall–Kier alpha value is -2.49. The lowest BCUT2D eigenvalue weighted by Crippen LogP contribution is -2.16. The van der Waals surface area contributed by atoms with E-state index in [9.17, 15) is 4.79 Å². The Morgan fingerprint density at radius 3 is 2.44 bits per heavy atom. The lowest BCUT2D eigenvalue weighted by atomic mass is 10.3. The highest BCUT2D eigenvalue weighted by atomic mass is 16.6. The first-order valence-electron chi connectivity index (χ1n) is 5.46. The number of nitrogens with one attached hydrogen (secondary N) is 1. The first-order valence-corrected chi connectivity index (χ1v) is 5.46. The molecule has 0 atom stereocenters. The quantitative estimate of drug-likeness (QED) is 0.899. The van der Waals surface area contributed by atoms with E-state index in [0.717, 1.165) is 0 Å². The fourth-order valence-corrected chi connectivity index (χ4v) is 1.44. The number of methoxy groups -OCH3 is 1. The van der Waals surface area contributed by atoms with E-state index in [1.807, 2.05) is 18.2 Å². The van der Waals surface area contributed by atoms with Crippen LogP contribution in [0.5, 0.6) is 11.5 Å². The van der Waals surface area contributed by atoms with Crippen LogP contribution in [0.15, 0.2) is 54.6 Å². The van der Waals surface area contributed by atoms with Crippen molar-refractivity contribution in [2.75, 3.05) is 12.4 Å². The van der Waals surface area contributed by atoms with Crippen molar-refractivity contribution in [1.29, 1.82) is 0 Å². The molecule has 0 aliphatic carbocycles. The van der Waals surface area contributed by atoms with Crippen molar-refractivity contribution in [1.82, 2.24) is 0 Å². The summed E-state index contributed by atoms with van der Waals surface area (Å²) in [6.45, 7) is 0. The summed E-state index contributed by atoms with van der Waals surface area (Å²) in [5.41, 5.74) is 0.686. The van der Waals surface area contributed by atoms with Gasteiger partial charge in [0.25, 0.3) is 0 Å². The van der Waals surface area contributed by atoms with Crippen LogP contribution in [-0.2, 0) is 0 Å². The van der Waals surface area contributed by atoms with Gasteiger partial charge in [-0.3, -0.25) is 5.32 Å². The number of para-hydroxylation sites is 1. The van der Waals surface area contributed by atoms with Gasteiger partial charge in [0.05, 0.1) is 7.11 Å². The molecule has 0 aromatic heterocycles. The summed E-state index contributed by atoms with van der Waals surface area (Å²) in [5.74, 6) is 1.07. The predicted octanol–water partition coefficient (Wildman–Crippen LogP) is 3.31. The molecule has 18 heavy (non-hydrogen) atoms. The first-order chi connectivity index (χ1) is 8.78. The molecule has 0 heterocycles. The smallest absolute Gasteiger partial charge is 0.417 e. The Balaban J connectivity index is 1.99. The SMILES string of the molecule is COc1cccc(OC(=O)Nc2ccccc2)c1. The van der Waals surface area contributed by atoms with Gasteiger partial charge in [0.1, 0.15) is 11.5 Å². The number of carbonyl (C=O) groups is 1. The van der Waals surface area contributed by atoms with Gasteiger partial charge in [-0.15, -0.1) is 0 Å². The molecule has 2 aromatic carbocycles. The second-order valence-corrected chi connectivity index (χ2v) is 3.56. The van der Waals surface area contributed by atoms with E-state index in [4.69, 9.17) is 9.47 Å². The third-order valence-electron chi connectivity index (χ3n) is 2.27. The van der Waals surface area contributed by atoms with E-state index >= 15 is 0 Å². The molecular weight excluding hydrogens is 230 g/mol. The number of carbonyl (C=O) groups excluding carboxylic acids is 1. The standard InChI is InChI=1S/C14H13NO3/c1-17-12-8-5-9-13(10-12)18-14(16)15-11-6-3-2-4-7-11/h2-10H,1H3,(H,15,16). The summed E-state index contributed by atoms with van der Waals surface area (Å²) >= 11 is 0. The Morgan fingerprint density at radius 2 is 1.72 bits per heavy atom. The van der Waals surface area contributed by atoms with Gasteiger partial charge < -0.3 is 9.47 Å². The van der Waals surface area contributed by atoms with Gasteiger partial charge in [-0.1, -0.05) is 24.3 Å². The van der Waals surface area contributed by atoms with Crippen LogP contribution in [-0.4, -0.2) is 13.2 Å². The lowest BCUT2D eigenvalue weighted by Gasteiger charge is -2.07. The van der Waals surface area contributed by atoms with Gasteiger partial charge in [-0.2, -0.15) is 0 Å².